The van der Waals surface area contributed by atoms with Gasteiger partial charge >= 0.3 is 0 Å². The van der Waals surface area contributed by atoms with E-state index in [4.69, 9.17) is 0 Å². The van der Waals surface area contributed by atoms with Crippen molar-refractivity contribution < 1.29 is 0 Å². The topological polar surface area (TPSA) is 24.9 Å². The van der Waals surface area contributed by atoms with Crippen molar-refractivity contribution in [3.8, 4) is 0 Å². The lowest BCUT2D eigenvalue weighted by Gasteiger charge is -2.24. The van der Waals surface area contributed by atoms with Crippen LogP contribution in [0.3, 0.4) is 0 Å². The number of hydrogen-bond donors (Lipinski definition) is 1. The summed E-state index contributed by atoms with van der Waals surface area (Å²) in [5.41, 5.74) is 3.91. The first-order valence-corrected chi connectivity index (χ1v) is 6.16. The maximum Gasteiger partial charge on any atom is 0.0373 e. The molecule has 1 aliphatic carbocycles. The monoisotopic (exact) mass is 214 g/mol. The van der Waals surface area contributed by atoms with Crippen molar-refractivity contribution in [3.63, 3.8) is 0 Å². The Morgan fingerprint density at radius 3 is 2.94 bits per heavy atom. The van der Waals surface area contributed by atoms with Crippen LogP contribution in [0, 0.1) is 18.8 Å². The van der Waals surface area contributed by atoms with Crippen LogP contribution in [0.1, 0.15) is 24.1 Å². The quantitative estimate of drug-likeness (QED) is 0.776. The fourth-order valence-corrected chi connectivity index (χ4v) is 2.85. The smallest absolute Gasteiger partial charge is 0.0373 e. The van der Waals surface area contributed by atoms with Gasteiger partial charge in [-0.2, -0.15) is 0 Å². The number of nitrogens with zero attached hydrogens (tertiary/aromatic N) is 1. The zero-order valence-electron chi connectivity index (χ0n) is 9.74. The molecule has 0 unspecified atom stereocenters. The van der Waals surface area contributed by atoms with Crippen molar-refractivity contribution in [1.82, 2.24) is 10.3 Å². The molecule has 0 amide bonds. The highest BCUT2D eigenvalue weighted by molar-refractivity contribution is 5.66. The summed E-state index contributed by atoms with van der Waals surface area (Å²) < 4.78 is 0. The largest absolute Gasteiger partial charge is 0.316 e. The lowest BCUT2D eigenvalue weighted by Crippen LogP contribution is -2.16. The van der Waals surface area contributed by atoms with E-state index in [-0.39, 0.29) is 0 Å². The van der Waals surface area contributed by atoms with Gasteiger partial charge in [-0.05, 0) is 61.9 Å². The van der Waals surface area contributed by atoms with Crippen LogP contribution in [0.15, 0.2) is 24.4 Å². The Bertz CT molecular complexity index is 405. The second-order valence-electron chi connectivity index (χ2n) is 5.04. The third-order valence-corrected chi connectivity index (χ3v) is 3.91. The van der Waals surface area contributed by atoms with Gasteiger partial charge < -0.3 is 5.32 Å². The van der Waals surface area contributed by atoms with Gasteiger partial charge in [0.15, 0.2) is 0 Å². The molecule has 2 heterocycles. The van der Waals surface area contributed by atoms with E-state index in [1.807, 2.05) is 13.1 Å². The highest BCUT2D eigenvalue weighted by Crippen LogP contribution is 2.36. The van der Waals surface area contributed by atoms with Crippen LogP contribution in [-0.2, 0) is 0 Å². The zero-order chi connectivity index (χ0) is 11.0. The van der Waals surface area contributed by atoms with Crippen molar-refractivity contribution in [2.24, 2.45) is 11.8 Å². The molecule has 2 atom stereocenters. The summed E-state index contributed by atoms with van der Waals surface area (Å²) >= 11 is 0. The molecule has 1 fully saturated rings. The Morgan fingerprint density at radius 2 is 2.12 bits per heavy atom. The lowest BCUT2D eigenvalue weighted by molar-refractivity contribution is 0.418. The second kappa shape index (κ2) is 4.02. The van der Waals surface area contributed by atoms with Crippen LogP contribution < -0.4 is 5.32 Å². The molecule has 2 heteroatoms. The molecule has 1 saturated heterocycles. The third-order valence-electron chi connectivity index (χ3n) is 3.91. The average Bonchev–Trinajstić information content (AvgIpc) is 2.77. The molecule has 84 valence electrons. The van der Waals surface area contributed by atoms with Crippen LogP contribution in [0.5, 0.6) is 0 Å². The van der Waals surface area contributed by atoms with Crippen molar-refractivity contribution in [2.45, 2.75) is 19.8 Å². The number of allylic oxidation sites excluding steroid dienone is 2. The molecule has 2 nitrogen and oxygen atoms in total. The molecule has 1 aromatic rings. The van der Waals surface area contributed by atoms with Crippen molar-refractivity contribution in [1.29, 1.82) is 0 Å². The molecule has 1 aliphatic heterocycles. The number of rotatable bonds is 1. The Morgan fingerprint density at radius 1 is 1.25 bits per heavy atom. The number of hydrogen-bond acceptors (Lipinski definition) is 2. The fraction of sp³-hybridized carbons (Fsp3) is 0.500. The minimum atomic E-state index is 0.848. The van der Waals surface area contributed by atoms with Crippen molar-refractivity contribution in [3.05, 3.63) is 35.7 Å². The molecule has 1 aromatic heterocycles. The Kier molecular flexibility index (Phi) is 2.52. The molecule has 0 bridgehead atoms. The standard InChI is InChI=1S/C14H18N2/c1-10-2-3-13(9-16-10)11-4-5-12-7-15-8-14(12)6-11/h2-4,9,12,14-15H,5-8H2,1H3/t12-,14+/m1/s1. The molecule has 0 spiro atoms. The first kappa shape index (κ1) is 10.0. The molecule has 0 radical (unpaired) electrons. The number of aromatic nitrogens is 1. The minimum absolute atomic E-state index is 0.848. The molecule has 0 saturated carbocycles. The van der Waals surface area contributed by atoms with Gasteiger partial charge in [-0.3, -0.25) is 4.98 Å². The molecule has 16 heavy (non-hydrogen) atoms. The van der Waals surface area contributed by atoms with E-state index in [1.54, 1.807) is 0 Å². The van der Waals surface area contributed by atoms with Gasteiger partial charge in [0.1, 0.15) is 0 Å². The molecular formula is C14H18N2. The summed E-state index contributed by atoms with van der Waals surface area (Å²) in [7, 11) is 0. The molecule has 2 aliphatic rings. The Hall–Kier alpha value is -1.15. The molecule has 0 aromatic carbocycles. The highest BCUT2D eigenvalue weighted by atomic mass is 14.9. The normalized spacial score (nSPS) is 28.7. The maximum atomic E-state index is 4.38. The molecule has 1 N–H and O–H groups in total. The van der Waals surface area contributed by atoms with Gasteiger partial charge in [0.05, 0.1) is 0 Å². The average molecular weight is 214 g/mol. The summed E-state index contributed by atoms with van der Waals surface area (Å²) in [4.78, 5) is 4.38. The van der Waals surface area contributed by atoms with E-state index in [1.165, 1.54) is 37.1 Å². The summed E-state index contributed by atoms with van der Waals surface area (Å²) in [6.45, 7) is 4.44. The van der Waals surface area contributed by atoms with Gasteiger partial charge in [0.25, 0.3) is 0 Å². The number of pyridine rings is 1. The summed E-state index contributed by atoms with van der Waals surface area (Å²) in [5.74, 6) is 1.73. The Balaban J connectivity index is 1.83. The van der Waals surface area contributed by atoms with Crippen LogP contribution in [0.25, 0.3) is 5.57 Å². The van der Waals surface area contributed by atoms with Crippen LogP contribution in [0.2, 0.25) is 0 Å². The van der Waals surface area contributed by atoms with E-state index in [2.05, 4.69) is 28.5 Å². The first-order valence-electron chi connectivity index (χ1n) is 6.16. The van der Waals surface area contributed by atoms with Gasteiger partial charge in [0.2, 0.25) is 0 Å². The summed E-state index contributed by atoms with van der Waals surface area (Å²) in [6.07, 6.45) is 6.90. The van der Waals surface area contributed by atoms with Gasteiger partial charge in [-0.25, -0.2) is 0 Å². The van der Waals surface area contributed by atoms with Crippen LogP contribution in [-0.4, -0.2) is 18.1 Å². The van der Waals surface area contributed by atoms with E-state index in [0.29, 0.717) is 0 Å². The zero-order valence-corrected chi connectivity index (χ0v) is 9.74. The third kappa shape index (κ3) is 1.78. The summed E-state index contributed by atoms with van der Waals surface area (Å²) in [5, 5.41) is 3.50. The van der Waals surface area contributed by atoms with E-state index >= 15 is 0 Å². The fourth-order valence-electron chi connectivity index (χ4n) is 2.85. The molecular weight excluding hydrogens is 196 g/mol. The van der Waals surface area contributed by atoms with Crippen molar-refractivity contribution >= 4 is 5.57 Å². The van der Waals surface area contributed by atoms with Crippen LogP contribution in [0.4, 0.5) is 0 Å². The second-order valence-corrected chi connectivity index (χ2v) is 5.04. The number of aryl methyl sites for hydroxylation is 1. The lowest BCUT2D eigenvalue weighted by atomic mass is 9.80. The maximum absolute atomic E-state index is 4.38. The first-order chi connectivity index (χ1) is 7.83. The minimum Gasteiger partial charge on any atom is -0.316 e. The SMILES string of the molecule is Cc1ccc(C2=CC[C@@H]3CNC[C@@H]3C2)cn1. The predicted octanol–water partition coefficient (Wildman–Crippen LogP) is 2.40. The molecule has 3 rings (SSSR count). The van der Waals surface area contributed by atoms with E-state index < -0.39 is 0 Å². The van der Waals surface area contributed by atoms with E-state index in [0.717, 1.165) is 17.5 Å². The van der Waals surface area contributed by atoms with Gasteiger partial charge in [-0.1, -0.05) is 12.1 Å². The summed E-state index contributed by atoms with van der Waals surface area (Å²) in [6, 6.07) is 4.31. The Labute approximate surface area is 96.8 Å². The van der Waals surface area contributed by atoms with Gasteiger partial charge in [0, 0.05) is 11.9 Å². The van der Waals surface area contributed by atoms with Gasteiger partial charge in [-0.15, -0.1) is 0 Å². The predicted molar refractivity (Wildman–Crippen MR) is 66.0 cm³/mol. The van der Waals surface area contributed by atoms with E-state index in [9.17, 15) is 0 Å². The number of fused-ring (bicyclic) bond motifs is 1. The van der Waals surface area contributed by atoms with Crippen LogP contribution >= 0.6 is 0 Å². The highest BCUT2D eigenvalue weighted by Gasteiger charge is 2.30. The number of nitrogens with one attached hydrogen (secondary N) is 1. The van der Waals surface area contributed by atoms with Crippen molar-refractivity contribution in [2.75, 3.05) is 13.1 Å².